The summed E-state index contributed by atoms with van der Waals surface area (Å²) in [5, 5.41) is 0. The van der Waals surface area contributed by atoms with Gasteiger partial charge in [-0.2, -0.15) is 0 Å². The molecule has 1 fully saturated rings. The van der Waals surface area contributed by atoms with Gasteiger partial charge in [0.15, 0.2) is 0 Å². The molecule has 0 saturated carbocycles. The Morgan fingerprint density at radius 2 is 1.88 bits per heavy atom. The molecule has 1 aromatic rings. The SMILES string of the molecule is COC(=O)c1ccc(C2(N)CCOCC2)cc1. The van der Waals surface area contributed by atoms with Crippen LogP contribution in [0.2, 0.25) is 0 Å². The molecule has 0 spiro atoms. The number of hydrogen-bond donors (Lipinski definition) is 1. The van der Waals surface area contributed by atoms with Gasteiger partial charge in [0, 0.05) is 18.8 Å². The number of hydrogen-bond acceptors (Lipinski definition) is 4. The summed E-state index contributed by atoms with van der Waals surface area (Å²) >= 11 is 0. The van der Waals surface area contributed by atoms with Crippen LogP contribution in [0.25, 0.3) is 0 Å². The molecule has 0 unspecified atom stereocenters. The van der Waals surface area contributed by atoms with Gasteiger partial charge in [0.05, 0.1) is 12.7 Å². The van der Waals surface area contributed by atoms with Crippen LogP contribution in [0.5, 0.6) is 0 Å². The number of rotatable bonds is 2. The minimum absolute atomic E-state index is 0.324. The first-order valence-corrected chi connectivity index (χ1v) is 5.71. The van der Waals surface area contributed by atoms with E-state index in [0.29, 0.717) is 18.8 Å². The van der Waals surface area contributed by atoms with Gasteiger partial charge < -0.3 is 15.2 Å². The van der Waals surface area contributed by atoms with E-state index in [9.17, 15) is 4.79 Å². The number of methoxy groups -OCH3 is 1. The van der Waals surface area contributed by atoms with Crippen molar-refractivity contribution in [2.75, 3.05) is 20.3 Å². The summed E-state index contributed by atoms with van der Waals surface area (Å²) in [5.41, 5.74) is 7.61. The van der Waals surface area contributed by atoms with Crippen LogP contribution in [-0.2, 0) is 15.0 Å². The fraction of sp³-hybridized carbons (Fsp3) is 0.462. The van der Waals surface area contributed by atoms with Gasteiger partial charge in [0.1, 0.15) is 0 Å². The lowest BCUT2D eigenvalue weighted by molar-refractivity contribution is 0.0521. The van der Waals surface area contributed by atoms with Gasteiger partial charge in [-0.3, -0.25) is 0 Å². The fourth-order valence-corrected chi connectivity index (χ4v) is 2.08. The third kappa shape index (κ3) is 2.48. The van der Waals surface area contributed by atoms with Gasteiger partial charge in [-0.1, -0.05) is 12.1 Å². The largest absolute Gasteiger partial charge is 0.465 e. The predicted octanol–water partition coefficient (Wildman–Crippen LogP) is 1.44. The average Bonchev–Trinajstić information content (AvgIpc) is 2.39. The summed E-state index contributed by atoms with van der Waals surface area (Å²) in [4.78, 5) is 11.3. The van der Waals surface area contributed by atoms with E-state index in [-0.39, 0.29) is 11.5 Å². The molecule has 1 saturated heterocycles. The van der Waals surface area contributed by atoms with Gasteiger partial charge in [-0.15, -0.1) is 0 Å². The Morgan fingerprint density at radius 1 is 1.29 bits per heavy atom. The van der Waals surface area contributed by atoms with Gasteiger partial charge in [-0.05, 0) is 30.5 Å². The van der Waals surface area contributed by atoms with Crippen LogP contribution in [0, 0.1) is 0 Å². The van der Waals surface area contributed by atoms with E-state index in [1.165, 1.54) is 7.11 Å². The highest BCUT2D eigenvalue weighted by Crippen LogP contribution is 2.29. The molecule has 0 radical (unpaired) electrons. The number of carbonyl (C=O) groups excluding carboxylic acids is 1. The van der Waals surface area contributed by atoms with Crippen molar-refractivity contribution in [3.05, 3.63) is 35.4 Å². The molecule has 4 nitrogen and oxygen atoms in total. The third-order valence-electron chi connectivity index (χ3n) is 3.27. The van der Waals surface area contributed by atoms with Crippen LogP contribution in [0.1, 0.15) is 28.8 Å². The minimum atomic E-state index is -0.326. The molecule has 1 aromatic carbocycles. The maximum Gasteiger partial charge on any atom is 0.337 e. The quantitative estimate of drug-likeness (QED) is 0.788. The third-order valence-corrected chi connectivity index (χ3v) is 3.27. The molecule has 1 aliphatic rings. The first-order chi connectivity index (χ1) is 8.15. The standard InChI is InChI=1S/C13H17NO3/c1-16-12(15)10-2-4-11(5-3-10)13(14)6-8-17-9-7-13/h2-5H,6-9,14H2,1H3. The Hall–Kier alpha value is -1.39. The monoisotopic (exact) mass is 235 g/mol. The second-order valence-corrected chi connectivity index (χ2v) is 4.34. The maximum atomic E-state index is 11.3. The van der Waals surface area contributed by atoms with Gasteiger partial charge >= 0.3 is 5.97 Å². The highest BCUT2D eigenvalue weighted by atomic mass is 16.5. The molecule has 0 aliphatic carbocycles. The molecule has 17 heavy (non-hydrogen) atoms. The van der Waals surface area contributed by atoms with Crippen molar-refractivity contribution in [1.29, 1.82) is 0 Å². The number of benzene rings is 1. The zero-order valence-electron chi connectivity index (χ0n) is 9.94. The van der Waals surface area contributed by atoms with E-state index in [4.69, 9.17) is 10.5 Å². The van der Waals surface area contributed by atoms with Crippen LogP contribution < -0.4 is 5.73 Å². The van der Waals surface area contributed by atoms with Crippen molar-refractivity contribution in [2.24, 2.45) is 5.73 Å². The van der Waals surface area contributed by atoms with E-state index < -0.39 is 0 Å². The van der Waals surface area contributed by atoms with Crippen LogP contribution in [0.3, 0.4) is 0 Å². The first kappa shape index (κ1) is 12.1. The maximum absolute atomic E-state index is 11.3. The molecule has 92 valence electrons. The Bertz CT molecular complexity index is 394. The molecular weight excluding hydrogens is 218 g/mol. The average molecular weight is 235 g/mol. The summed E-state index contributed by atoms with van der Waals surface area (Å²) < 4.78 is 9.97. The van der Waals surface area contributed by atoms with Crippen molar-refractivity contribution in [3.63, 3.8) is 0 Å². The highest BCUT2D eigenvalue weighted by molar-refractivity contribution is 5.89. The Labute approximate surface area is 101 Å². The van der Waals surface area contributed by atoms with Crippen molar-refractivity contribution in [2.45, 2.75) is 18.4 Å². The highest BCUT2D eigenvalue weighted by Gasteiger charge is 2.29. The second kappa shape index (κ2) is 4.85. The number of ether oxygens (including phenoxy) is 2. The van der Waals surface area contributed by atoms with Crippen molar-refractivity contribution >= 4 is 5.97 Å². The lowest BCUT2D eigenvalue weighted by atomic mass is 9.83. The molecule has 2 rings (SSSR count). The molecule has 4 heteroatoms. The molecule has 0 amide bonds. The molecular formula is C13H17NO3. The zero-order chi connectivity index (χ0) is 12.3. The topological polar surface area (TPSA) is 61.5 Å². The Kier molecular flexibility index (Phi) is 3.45. The fourth-order valence-electron chi connectivity index (χ4n) is 2.08. The van der Waals surface area contributed by atoms with E-state index in [0.717, 1.165) is 18.4 Å². The molecule has 0 atom stereocenters. The van der Waals surface area contributed by atoms with Gasteiger partial charge in [0.2, 0.25) is 0 Å². The first-order valence-electron chi connectivity index (χ1n) is 5.71. The van der Waals surface area contributed by atoms with Crippen molar-refractivity contribution < 1.29 is 14.3 Å². The predicted molar refractivity (Wildman–Crippen MR) is 63.7 cm³/mol. The van der Waals surface area contributed by atoms with Crippen molar-refractivity contribution in [3.8, 4) is 0 Å². The Balaban J connectivity index is 2.19. The van der Waals surface area contributed by atoms with E-state index in [1.54, 1.807) is 12.1 Å². The number of carbonyl (C=O) groups is 1. The second-order valence-electron chi connectivity index (χ2n) is 4.34. The van der Waals surface area contributed by atoms with Crippen LogP contribution >= 0.6 is 0 Å². The lowest BCUT2D eigenvalue weighted by Crippen LogP contribution is -2.42. The smallest absolute Gasteiger partial charge is 0.337 e. The lowest BCUT2D eigenvalue weighted by Gasteiger charge is -2.33. The van der Waals surface area contributed by atoms with Crippen molar-refractivity contribution in [1.82, 2.24) is 0 Å². The van der Waals surface area contributed by atoms with Gasteiger partial charge in [0.25, 0.3) is 0 Å². The van der Waals surface area contributed by atoms with Gasteiger partial charge in [-0.25, -0.2) is 4.79 Å². The normalized spacial score (nSPS) is 18.7. The van der Waals surface area contributed by atoms with E-state index in [2.05, 4.69) is 4.74 Å². The summed E-state index contributed by atoms with van der Waals surface area (Å²) in [7, 11) is 1.37. The van der Waals surface area contributed by atoms with E-state index in [1.807, 2.05) is 12.1 Å². The molecule has 0 bridgehead atoms. The zero-order valence-corrected chi connectivity index (χ0v) is 9.94. The summed E-state index contributed by atoms with van der Waals surface area (Å²) in [6, 6.07) is 7.31. The van der Waals surface area contributed by atoms with E-state index >= 15 is 0 Å². The molecule has 1 heterocycles. The summed E-state index contributed by atoms with van der Waals surface area (Å²) in [5.74, 6) is -0.324. The molecule has 1 aliphatic heterocycles. The Morgan fingerprint density at radius 3 is 2.41 bits per heavy atom. The number of nitrogens with two attached hydrogens (primary N) is 1. The van der Waals surface area contributed by atoms with Crippen LogP contribution in [0.15, 0.2) is 24.3 Å². The summed E-state index contributed by atoms with van der Waals surface area (Å²) in [6.45, 7) is 1.38. The van der Waals surface area contributed by atoms with Crippen LogP contribution in [0.4, 0.5) is 0 Å². The summed E-state index contributed by atoms with van der Waals surface area (Å²) in [6.07, 6.45) is 1.62. The molecule has 0 aromatic heterocycles. The minimum Gasteiger partial charge on any atom is -0.465 e. The molecule has 2 N–H and O–H groups in total. The van der Waals surface area contributed by atoms with Crippen LogP contribution in [-0.4, -0.2) is 26.3 Å². The number of esters is 1.